The van der Waals surface area contributed by atoms with Crippen LogP contribution in [0.5, 0.6) is 0 Å². The van der Waals surface area contributed by atoms with Crippen molar-refractivity contribution >= 4 is 47.2 Å². The summed E-state index contributed by atoms with van der Waals surface area (Å²) in [5, 5.41) is 7.48. The second-order valence-corrected chi connectivity index (χ2v) is 7.39. The molecule has 2 unspecified atom stereocenters. The molecule has 0 bridgehead atoms. The number of carbonyl (C=O) groups is 1. The Hall–Kier alpha value is -0.520. The van der Waals surface area contributed by atoms with Crippen LogP contribution in [0.25, 0.3) is 0 Å². The highest BCUT2D eigenvalue weighted by Crippen LogP contribution is 2.25. The predicted molar refractivity (Wildman–Crippen MR) is 103 cm³/mol. The number of halogens is 3. The van der Waals surface area contributed by atoms with Gasteiger partial charge >= 0.3 is 0 Å². The Balaban J connectivity index is 0.00000208. The van der Waals surface area contributed by atoms with Gasteiger partial charge in [-0.1, -0.05) is 23.2 Å². The molecule has 24 heavy (non-hydrogen) atoms. The fourth-order valence-electron chi connectivity index (χ4n) is 3.60. The van der Waals surface area contributed by atoms with E-state index in [9.17, 15) is 4.79 Å². The highest BCUT2D eigenvalue weighted by molar-refractivity contribution is 6.35. The first-order chi connectivity index (χ1) is 11.1. The minimum Gasteiger partial charge on any atom is -0.325 e. The highest BCUT2D eigenvalue weighted by atomic mass is 35.5. The van der Waals surface area contributed by atoms with Crippen molar-refractivity contribution in [2.24, 2.45) is 5.92 Å². The van der Waals surface area contributed by atoms with Gasteiger partial charge < -0.3 is 10.6 Å². The Bertz CT molecular complexity index is 544. The topological polar surface area (TPSA) is 44.4 Å². The molecular formula is C17H24Cl3N3O. The summed E-state index contributed by atoms with van der Waals surface area (Å²) in [6.07, 6.45) is 4.48. The van der Waals surface area contributed by atoms with Gasteiger partial charge in [-0.15, -0.1) is 12.4 Å². The number of nitrogens with one attached hydrogen (secondary N) is 2. The van der Waals surface area contributed by atoms with E-state index in [0.29, 0.717) is 21.7 Å². The molecule has 0 aromatic heterocycles. The first kappa shape index (κ1) is 19.8. The molecule has 2 fully saturated rings. The van der Waals surface area contributed by atoms with Gasteiger partial charge in [-0.05, 0) is 69.4 Å². The Morgan fingerprint density at radius 2 is 1.96 bits per heavy atom. The van der Waals surface area contributed by atoms with Crippen LogP contribution in [0, 0.1) is 5.92 Å². The fourth-order valence-corrected chi connectivity index (χ4v) is 4.13. The summed E-state index contributed by atoms with van der Waals surface area (Å²) in [6.45, 7) is 4.19. The van der Waals surface area contributed by atoms with Crippen molar-refractivity contribution in [1.29, 1.82) is 0 Å². The second kappa shape index (κ2) is 9.25. The molecule has 3 rings (SSSR count). The van der Waals surface area contributed by atoms with Crippen LogP contribution in [0.2, 0.25) is 10.0 Å². The molecule has 1 aromatic carbocycles. The van der Waals surface area contributed by atoms with Gasteiger partial charge in [-0.2, -0.15) is 0 Å². The smallest absolute Gasteiger partial charge is 0.241 e. The van der Waals surface area contributed by atoms with Crippen LogP contribution in [0.15, 0.2) is 18.2 Å². The van der Waals surface area contributed by atoms with Crippen LogP contribution in [0.3, 0.4) is 0 Å². The third-order valence-electron chi connectivity index (χ3n) is 4.69. The standard InChI is InChI=1S/C17H23Cl2N3O.ClH/c18-13-7-14(19)9-15(8-13)21-17(23)16-4-2-6-22(16)11-12-3-1-5-20-10-12;/h7-9,12,16,20H,1-6,10-11H2,(H,21,23);1H. The number of rotatable bonds is 4. The van der Waals surface area contributed by atoms with Crippen LogP contribution in [-0.4, -0.2) is 43.0 Å². The molecule has 2 aliphatic heterocycles. The maximum absolute atomic E-state index is 12.6. The van der Waals surface area contributed by atoms with Crippen molar-refractivity contribution in [3.63, 3.8) is 0 Å². The number of carbonyl (C=O) groups excluding carboxylic acids is 1. The molecule has 2 heterocycles. The van der Waals surface area contributed by atoms with E-state index in [1.807, 2.05) is 0 Å². The third kappa shape index (κ3) is 5.24. The lowest BCUT2D eigenvalue weighted by molar-refractivity contribution is -0.120. The van der Waals surface area contributed by atoms with Crippen molar-refractivity contribution in [1.82, 2.24) is 10.2 Å². The molecule has 0 spiro atoms. The highest BCUT2D eigenvalue weighted by Gasteiger charge is 2.32. The molecule has 134 valence electrons. The number of anilines is 1. The molecule has 2 saturated heterocycles. The lowest BCUT2D eigenvalue weighted by Crippen LogP contribution is -2.44. The molecule has 1 aromatic rings. The number of amides is 1. The van der Waals surface area contributed by atoms with E-state index in [1.165, 1.54) is 12.8 Å². The predicted octanol–water partition coefficient (Wildman–Crippen LogP) is 3.82. The Labute approximate surface area is 159 Å². The van der Waals surface area contributed by atoms with E-state index in [0.717, 1.165) is 39.0 Å². The van der Waals surface area contributed by atoms with Crippen molar-refractivity contribution in [2.75, 3.05) is 31.5 Å². The van der Waals surface area contributed by atoms with Gasteiger partial charge in [-0.3, -0.25) is 9.69 Å². The zero-order valence-electron chi connectivity index (χ0n) is 13.6. The summed E-state index contributed by atoms with van der Waals surface area (Å²) in [7, 11) is 0. The molecule has 2 N–H and O–H groups in total. The minimum absolute atomic E-state index is 0. The third-order valence-corrected chi connectivity index (χ3v) is 5.12. The lowest BCUT2D eigenvalue weighted by Gasteiger charge is -2.30. The normalized spacial score (nSPS) is 24.4. The van der Waals surface area contributed by atoms with Crippen LogP contribution in [0.4, 0.5) is 5.69 Å². The second-order valence-electron chi connectivity index (χ2n) is 6.51. The maximum atomic E-state index is 12.6. The number of hydrogen-bond donors (Lipinski definition) is 2. The maximum Gasteiger partial charge on any atom is 0.241 e. The van der Waals surface area contributed by atoms with Gasteiger partial charge in [0.15, 0.2) is 0 Å². The number of hydrogen-bond acceptors (Lipinski definition) is 3. The van der Waals surface area contributed by atoms with Crippen LogP contribution in [-0.2, 0) is 4.79 Å². The van der Waals surface area contributed by atoms with E-state index in [-0.39, 0.29) is 24.4 Å². The van der Waals surface area contributed by atoms with Crippen LogP contribution >= 0.6 is 35.6 Å². The van der Waals surface area contributed by atoms with Gasteiger partial charge in [0.1, 0.15) is 0 Å². The number of likely N-dealkylation sites (tertiary alicyclic amines) is 1. The molecule has 1 amide bonds. The summed E-state index contributed by atoms with van der Waals surface area (Å²) >= 11 is 12.0. The van der Waals surface area contributed by atoms with E-state index in [4.69, 9.17) is 23.2 Å². The zero-order valence-corrected chi connectivity index (χ0v) is 15.9. The number of piperidine rings is 1. The van der Waals surface area contributed by atoms with Gasteiger partial charge in [0.25, 0.3) is 0 Å². The van der Waals surface area contributed by atoms with Crippen molar-refractivity contribution < 1.29 is 4.79 Å². The van der Waals surface area contributed by atoms with Crippen LogP contribution in [0.1, 0.15) is 25.7 Å². The molecule has 2 aliphatic rings. The summed E-state index contributed by atoms with van der Waals surface area (Å²) in [5.41, 5.74) is 0.665. The summed E-state index contributed by atoms with van der Waals surface area (Å²) in [5.74, 6) is 0.697. The molecular weight excluding hydrogens is 369 g/mol. The molecule has 7 heteroatoms. The average molecular weight is 393 g/mol. The molecule has 4 nitrogen and oxygen atoms in total. The monoisotopic (exact) mass is 391 g/mol. The van der Waals surface area contributed by atoms with E-state index < -0.39 is 0 Å². The van der Waals surface area contributed by atoms with Gasteiger partial charge in [-0.25, -0.2) is 0 Å². The molecule has 0 radical (unpaired) electrons. The summed E-state index contributed by atoms with van der Waals surface area (Å²) in [6, 6.07) is 5.08. The van der Waals surface area contributed by atoms with Gasteiger partial charge in [0.05, 0.1) is 6.04 Å². The van der Waals surface area contributed by atoms with E-state index in [1.54, 1.807) is 18.2 Å². The Kier molecular flexibility index (Phi) is 7.63. The van der Waals surface area contributed by atoms with Gasteiger partial charge in [0.2, 0.25) is 5.91 Å². The first-order valence-corrected chi connectivity index (χ1v) is 9.09. The molecule has 0 saturated carbocycles. The minimum atomic E-state index is -0.0466. The van der Waals surface area contributed by atoms with Crippen molar-refractivity contribution in [3.05, 3.63) is 28.2 Å². The van der Waals surface area contributed by atoms with E-state index >= 15 is 0 Å². The molecule has 2 atom stereocenters. The number of benzene rings is 1. The summed E-state index contributed by atoms with van der Waals surface area (Å²) in [4.78, 5) is 15.0. The SMILES string of the molecule is Cl.O=C(Nc1cc(Cl)cc(Cl)c1)C1CCCN1CC1CCCNC1. The quantitative estimate of drug-likeness (QED) is 0.819. The van der Waals surface area contributed by atoms with Gasteiger partial charge in [0, 0.05) is 22.3 Å². The average Bonchev–Trinajstić information content (AvgIpc) is 2.95. The lowest BCUT2D eigenvalue weighted by atomic mass is 9.98. The number of nitrogens with zero attached hydrogens (tertiary/aromatic N) is 1. The molecule has 0 aliphatic carbocycles. The zero-order chi connectivity index (χ0) is 16.2. The fraction of sp³-hybridized carbons (Fsp3) is 0.588. The summed E-state index contributed by atoms with van der Waals surface area (Å²) < 4.78 is 0. The Morgan fingerprint density at radius 3 is 2.62 bits per heavy atom. The van der Waals surface area contributed by atoms with Crippen molar-refractivity contribution in [3.8, 4) is 0 Å². The van der Waals surface area contributed by atoms with Crippen LogP contribution < -0.4 is 10.6 Å². The Morgan fingerprint density at radius 1 is 1.21 bits per heavy atom. The van der Waals surface area contributed by atoms with E-state index in [2.05, 4.69) is 15.5 Å². The van der Waals surface area contributed by atoms with Crippen molar-refractivity contribution in [2.45, 2.75) is 31.7 Å². The largest absolute Gasteiger partial charge is 0.325 e. The first-order valence-electron chi connectivity index (χ1n) is 8.33.